The molecule has 0 bridgehead atoms. The van der Waals surface area contributed by atoms with Gasteiger partial charge in [0.1, 0.15) is 0 Å². The quantitative estimate of drug-likeness (QED) is 0.838. The van der Waals surface area contributed by atoms with E-state index in [0.29, 0.717) is 17.9 Å². The molecule has 1 fully saturated rings. The van der Waals surface area contributed by atoms with Crippen molar-refractivity contribution in [3.05, 3.63) is 54.6 Å². The van der Waals surface area contributed by atoms with Gasteiger partial charge in [-0.25, -0.2) is 8.42 Å². The molecule has 3 rings (SSSR count). The lowest BCUT2D eigenvalue weighted by atomic mass is 10.1. The number of para-hydroxylation sites is 1. The lowest BCUT2D eigenvalue weighted by Gasteiger charge is -2.16. The second-order valence-corrected chi connectivity index (χ2v) is 7.93. The number of nitrogens with one attached hydrogen (secondary N) is 2. The number of hydrogen-bond acceptors (Lipinski definition) is 4. The van der Waals surface area contributed by atoms with Gasteiger partial charge in [0.05, 0.1) is 17.9 Å². The van der Waals surface area contributed by atoms with Crippen molar-refractivity contribution in [1.29, 1.82) is 0 Å². The molecule has 1 aliphatic rings. The largest absolute Gasteiger partial charge is 0.326 e. The number of benzene rings is 2. The zero-order chi connectivity index (χ0) is 18.7. The molecular weight excluding hydrogens is 354 g/mol. The van der Waals surface area contributed by atoms with E-state index in [1.54, 1.807) is 23.1 Å². The fourth-order valence-electron chi connectivity index (χ4n) is 2.86. The second-order valence-electron chi connectivity index (χ2n) is 6.19. The Bertz CT molecular complexity index is 928. The molecule has 8 heteroatoms. The summed E-state index contributed by atoms with van der Waals surface area (Å²) in [6, 6.07) is 15.6. The molecule has 2 aromatic rings. The number of carbonyl (C=O) groups is 2. The summed E-state index contributed by atoms with van der Waals surface area (Å²) in [6.45, 7) is 0.315. The van der Waals surface area contributed by atoms with Gasteiger partial charge in [-0.05, 0) is 30.3 Å². The van der Waals surface area contributed by atoms with Crippen LogP contribution in [0.25, 0.3) is 0 Å². The molecule has 0 spiro atoms. The highest BCUT2D eigenvalue weighted by molar-refractivity contribution is 7.92. The molecule has 1 heterocycles. The molecule has 1 saturated heterocycles. The molecule has 0 aromatic heterocycles. The van der Waals surface area contributed by atoms with Crippen LogP contribution >= 0.6 is 0 Å². The Kier molecular flexibility index (Phi) is 4.94. The molecule has 0 radical (unpaired) electrons. The van der Waals surface area contributed by atoms with E-state index in [-0.39, 0.29) is 18.2 Å². The summed E-state index contributed by atoms with van der Waals surface area (Å²) in [7, 11) is -3.40. The van der Waals surface area contributed by atoms with Gasteiger partial charge in [-0.1, -0.05) is 24.3 Å². The van der Waals surface area contributed by atoms with Crippen LogP contribution in [-0.2, 0) is 19.6 Å². The van der Waals surface area contributed by atoms with Crippen molar-refractivity contribution in [1.82, 2.24) is 0 Å². The molecule has 26 heavy (non-hydrogen) atoms. The zero-order valence-corrected chi connectivity index (χ0v) is 15.0. The van der Waals surface area contributed by atoms with E-state index in [1.807, 2.05) is 30.3 Å². The molecule has 0 aliphatic carbocycles. The van der Waals surface area contributed by atoms with Crippen molar-refractivity contribution in [3.63, 3.8) is 0 Å². The molecule has 2 aromatic carbocycles. The standard InChI is InChI=1S/C18H19N3O4S/c1-26(24,25)20-15-7-5-6-14(11-15)19-18(23)13-10-17(22)21(12-13)16-8-3-2-4-9-16/h2-9,11,13,20H,10,12H2,1H3,(H,19,23)/t13-/m1/s1. The van der Waals surface area contributed by atoms with E-state index in [2.05, 4.69) is 10.0 Å². The first-order chi connectivity index (χ1) is 12.3. The number of rotatable bonds is 5. The summed E-state index contributed by atoms with van der Waals surface area (Å²) in [4.78, 5) is 26.3. The highest BCUT2D eigenvalue weighted by atomic mass is 32.2. The van der Waals surface area contributed by atoms with Crippen LogP contribution in [0.15, 0.2) is 54.6 Å². The molecule has 0 saturated carbocycles. The third-order valence-electron chi connectivity index (χ3n) is 4.00. The van der Waals surface area contributed by atoms with Crippen LogP contribution in [-0.4, -0.2) is 33.0 Å². The number of hydrogen-bond donors (Lipinski definition) is 2. The number of amides is 2. The van der Waals surface area contributed by atoms with E-state index in [9.17, 15) is 18.0 Å². The van der Waals surface area contributed by atoms with Gasteiger partial charge in [0, 0.05) is 24.3 Å². The van der Waals surface area contributed by atoms with E-state index in [4.69, 9.17) is 0 Å². The molecule has 2 amide bonds. The van der Waals surface area contributed by atoms with Crippen LogP contribution in [0.3, 0.4) is 0 Å². The van der Waals surface area contributed by atoms with Gasteiger partial charge in [0.25, 0.3) is 0 Å². The molecule has 0 unspecified atom stereocenters. The minimum atomic E-state index is -3.40. The zero-order valence-electron chi connectivity index (χ0n) is 14.2. The smallest absolute Gasteiger partial charge is 0.229 e. The Balaban J connectivity index is 1.68. The van der Waals surface area contributed by atoms with Crippen LogP contribution in [0.2, 0.25) is 0 Å². The van der Waals surface area contributed by atoms with E-state index in [1.165, 1.54) is 6.07 Å². The molecule has 1 aliphatic heterocycles. The maximum atomic E-state index is 12.5. The van der Waals surface area contributed by atoms with Crippen molar-refractivity contribution in [2.24, 2.45) is 5.92 Å². The highest BCUT2D eigenvalue weighted by Crippen LogP contribution is 2.26. The monoisotopic (exact) mass is 373 g/mol. The number of anilines is 3. The summed E-state index contributed by atoms with van der Waals surface area (Å²) < 4.78 is 25.0. The minimum absolute atomic E-state index is 0.0937. The Morgan fingerprint density at radius 3 is 2.46 bits per heavy atom. The van der Waals surface area contributed by atoms with Crippen molar-refractivity contribution in [2.75, 3.05) is 27.7 Å². The van der Waals surface area contributed by atoms with Crippen LogP contribution in [0.5, 0.6) is 0 Å². The second kappa shape index (κ2) is 7.17. The van der Waals surface area contributed by atoms with Crippen molar-refractivity contribution in [3.8, 4) is 0 Å². The normalized spacial score (nSPS) is 17.2. The lowest BCUT2D eigenvalue weighted by molar-refractivity contribution is -0.122. The minimum Gasteiger partial charge on any atom is -0.326 e. The molecular formula is C18H19N3O4S. The third kappa shape index (κ3) is 4.40. The summed E-state index contributed by atoms with van der Waals surface area (Å²) in [5.74, 6) is -0.827. The maximum absolute atomic E-state index is 12.5. The van der Waals surface area contributed by atoms with Gasteiger partial charge in [-0.15, -0.1) is 0 Å². The van der Waals surface area contributed by atoms with Crippen molar-refractivity contribution >= 4 is 38.9 Å². The van der Waals surface area contributed by atoms with Crippen molar-refractivity contribution < 1.29 is 18.0 Å². The Morgan fingerprint density at radius 1 is 1.08 bits per heavy atom. The van der Waals surface area contributed by atoms with Crippen LogP contribution in [0.1, 0.15) is 6.42 Å². The van der Waals surface area contributed by atoms with E-state index < -0.39 is 15.9 Å². The summed E-state index contributed by atoms with van der Waals surface area (Å²) >= 11 is 0. The lowest BCUT2D eigenvalue weighted by Crippen LogP contribution is -2.28. The Morgan fingerprint density at radius 2 is 1.77 bits per heavy atom. The predicted octanol–water partition coefficient (Wildman–Crippen LogP) is 2.05. The van der Waals surface area contributed by atoms with Gasteiger partial charge < -0.3 is 10.2 Å². The highest BCUT2D eigenvalue weighted by Gasteiger charge is 2.35. The number of sulfonamides is 1. The third-order valence-corrected chi connectivity index (χ3v) is 4.60. The van der Waals surface area contributed by atoms with Gasteiger partial charge >= 0.3 is 0 Å². The molecule has 1 atom stereocenters. The predicted molar refractivity (Wildman–Crippen MR) is 100 cm³/mol. The number of nitrogens with zero attached hydrogens (tertiary/aromatic N) is 1. The summed E-state index contributed by atoms with van der Waals surface area (Å²) in [6.07, 6.45) is 1.20. The average Bonchev–Trinajstić information content (AvgIpc) is 2.96. The first-order valence-electron chi connectivity index (χ1n) is 8.06. The van der Waals surface area contributed by atoms with Crippen LogP contribution in [0, 0.1) is 5.92 Å². The Labute approximate surface area is 152 Å². The van der Waals surface area contributed by atoms with Crippen molar-refractivity contribution in [2.45, 2.75) is 6.42 Å². The summed E-state index contributed by atoms with van der Waals surface area (Å²) in [5, 5.41) is 2.75. The number of carbonyl (C=O) groups excluding carboxylic acids is 2. The van der Waals surface area contributed by atoms with E-state index in [0.717, 1.165) is 11.9 Å². The summed E-state index contributed by atoms with van der Waals surface area (Å²) in [5.41, 5.74) is 1.60. The Hall–Kier alpha value is -2.87. The maximum Gasteiger partial charge on any atom is 0.229 e. The van der Waals surface area contributed by atoms with E-state index >= 15 is 0 Å². The van der Waals surface area contributed by atoms with Crippen LogP contribution < -0.4 is 14.9 Å². The fraction of sp³-hybridized carbons (Fsp3) is 0.222. The van der Waals surface area contributed by atoms with Gasteiger partial charge in [-0.2, -0.15) is 0 Å². The SMILES string of the molecule is CS(=O)(=O)Nc1cccc(NC(=O)[C@@H]2CC(=O)N(c3ccccc3)C2)c1. The molecule has 7 nitrogen and oxygen atoms in total. The first-order valence-corrected chi connectivity index (χ1v) is 9.95. The van der Waals surface area contributed by atoms with Gasteiger partial charge in [-0.3, -0.25) is 14.3 Å². The van der Waals surface area contributed by atoms with Gasteiger partial charge in [0.2, 0.25) is 21.8 Å². The topological polar surface area (TPSA) is 95.6 Å². The molecule has 136 valence electrons. The van der Waals surface area contributed by atoms with Crippen LogP contribution in [0.4, 0.5) is 17.1 Å². The first kappa shape index (κ1) is 17.9. The molecule has 2 N–H and O–H groups in total. The van der Waals surface area contributed by atoms with Gasteiger partial charge in [0.15, 0.2) is 0 Å². The average molecular weight is 373 g/mol. The fourth-order valence-corrected chi connectivity index (χ4v) is 3.41.